The van der Waals surface area contributed by atoms with Crippen LogP contribution in [0.15, 0.2) is 53.4 Å². The zero-order valence-corrected chi connectivity index (χ0v) is 15.7. The molecule has 1 saturated heterocycles. The molecule has 1 fully saturated rings. The number of benzene rings is 2. The van der Waals surface area contributed by atoms with E-state index < -0.39 is 11.6 Å². The van der Waals surface area contributed by atoms with Crippen molar-refractivity contribution in [3.63, 3.8) is 0 Å². The third-order valence-corrected chi connectivity index (χ3v) is 5.78. The van der Waals surface area contributed by atoms with E-state index in [1.54, 1.807) is 25.1 Å². The first kappa shape index (κ1) is 18.1. The van der Waals surface area contributed by atoms with Crippen LogP contribution in [0.25, 0.3) is 11.0 Å². The van der Waals surface area contributed by atoms with Gasteiger partial charge in [-0.05, 0) is 31.2 Å². The molecule has 8 nitrogen and oxygen atoms in total. The van der Waals surface area contributed by atoms with Gasteiger partial charge in [0.05, 0.1) is 16.6 Å². The minimum absolute atomic E-state index is 0.291. The van der Waals surface area contributed by atoms with Crippen LogP contribution in [0.5, 0.6) is 0 Å². The standard InChI is InChI=1S/C19H17N5O3S/c1-19(16(26)23-18(27)24-19)10-28-14-9-5-2-6-11(14)15(25)22-17-20-12-7-3-4-8-13(12)21-17/h2-9H,10H2,1H3,(H2,20,21,22,25)(H2,23,24,26,27). The number of anilines is 1. The molecule has 1 aliphatic rings. The molecule has 1 aromatic heterocycles. The van der Waals surface area contributed by atoms with E-state index in [0.29, 0.717) is 22.2 Å². The van der Waals surface area contributed by atoms with Crippen molar-refractivity contribution in [3.8, 4) is 0 Å². The monoisotopic (exact) mass is 395 g/mol. The topological polar surface area (TPSA) is 116 Å². The molecule has 4 amide bonds. The summed E-state index contributed by atoms with van der Waals surface area (Å²) >= 11 is 1.33. The minimum atomic E-state index is -1.02. The molecule has 0 radical (unpaired) electrons. The summed E-state index contributed by atoms with van der Waals surface area (Å²) in [7, 11) is 0. The second-order valence-corrected chi connectivity index (χ2v) is 7.60. The highest BCUT2D eigenvalue weighted by atomic mass is 32.2. The van der Waals surface area contributed by atoms with Crippen LogP contribution in [0.4, 0.5) is 10.7 Å². The summed E-state index contributed by atoms with van der Waals surface area (Å²) in [4.78, 5) is 44.3. The summed E-state index contributed by atoms with van der Waals surface area (Å²) in [6, 6.07) is 14.1. The first-order chi connectivity index (χ1) is 13.4. The Morgan fingerprint density at radius 2 is 1.89 bits per heavy atom. The van der Waals surface area contributed by atoms with Crippen molar-refractivity contribution in [2.24, 2.45) is 0 Å². The highest BCUT2D eigenvalue weighted by molar-refractivity contribution is 7.99. The van der Waals surface area contributed by atoms with E-state index in [9.17, 15) is 14.4 Å². The molecule has 0 spiro atoms. The predicted octanol–water partition coefficient (Wildman–Crippen LogP) is 2.51. The van der Waals surface area contributed by atoms with E-state index >= 15 is 0 Å². The minimum Gasteiger partial charge on any atom is -0.324 e. The van der Waals surface area contributed by atoms with Crippen molar-refractivity contribution in [2.75, 3.05) is 11.1 Å². The van der Waals surface area contributed by atoms with Gasteiger partial charge in [0.15, 0.2) is 0 Å². The lowest BCUT2D eigenvalue weighted by molar-refractivity contribution is -0.122. The summed E-state index contributed by atoms with van der Waals surface area (Å²) in [5, 5.41) is 7.62. The van der Waals surface area contributed by atoms with Crippen LogP contribution in [-0.2, 0) is 4.79 Å². The number of nitrogens with one attached hydrogen (secondary N) is 4. The van der Waals surface area contributed by atoms with Crippen LogP contribution >= 0.6 is 11.8 Å². The third kappa shape index (κ3) is 3.44. The molecule has 28 heavy (non-hydrogen) atoms. The molecule has 9 heteroatoms. The molecule has 0 saturated carbocycles. The summed E-state index contributed by atoms with van der Waals surface area (Å²) in [5.74, 6) is -0.0405. The Kier molecular flexibility index (Phi) is 4.52. The third-order valence-electron chi connectivity index (χ3n) is 4.39. The first-order valence-corrected chi connectivity index (χ1v) is 9.55. The lowest BCUT2D eigenvalue weighted by Gasteiger charge is -2.20. The Balaban J connectivity index is 1.51. The molecule has 2 heterocycles. The van der Waals surface area contributed by atoms with Crippen molar-refractivity contribution in [3.05, 3.63) is 54.1 Å². The smallest absolute Gasteiger partial charge is 0.322 e. The fourth-order valence-electron chi connectivity index (χ4n) is 2.87. The Hall–Kier alpha value is -3.33. The number of aromatic nitrogens is 2. The molecule has 1 aliphatic heterocycles. The van der Waals surface area contributed by atoms with Crippen molar-refractivity contribution < 1.29 is 14.4 Å². The summed E-state index contributed by atoms with van der Waals surface area (Å²) in [6.07, 6.45) is 0. The molecular formula is C19H17N5O3S. The Bertz CT molecular complexity index is 1060. The second kappa shape index (κ2) is 7.01. The lowest BCUT2D eigenvalue weighted by Crippen LogP contribution is -2.46. The zero-order valence-electron chi connectivity index (χ0n) is 14.9. The molecular weight excluding hydrogens is 378 g/mol. The second-order valence-electron chi connectivity index (χ2n) is 6.58. The van der Waals surface area contributed by atoms with Gasteiger partial charge in [-0.2, -0.15) is 0 Å². The van der Waals surface area contributed by atoms with Crippen LogP contribution in [0, 0.1) is 0 Å². The SMILES string of the molecule is CC1(CSc2ccccc2C(=O)Nc2nc3ccccc3[nH]2)NC(=O)NC1=O. The average molecular weight is 395 g/mol. The van der Waals surface area contributed by atoms with Gasteiger partial charge in [-0.15, -0.1) is 11.8 Å². The molecule has 2 aromatic carbocycles. The van der Waals surface area contributed by atoms with Crippen LogP contribution in [0.1, 0.15) is 17.3 Å². The molecule has 0 aliphatic carbocycles. The largest absolute Gasteiger partial charge is 0.324 e. The van der Waals surface area contributed by atoms with Crippen LogP contribution in [0.3, 0.4) is 0 Å². The molecule has 1 unspecified atom stereocenters. The van der Waals surface area contributed by atoms with Crippen LogP contribution in [-0.4, -0.2) is 39.1 Å². The molecule has 142 valence electrons. The van der Waals surface area contributed by atoms with Crippen molar-refractivity contribution in [2.45, 2.75) is 17.4 Å². The van der Waals surface area contributed by atoms with Crippen molar-refractivity contribution in [1.29, 1.82) is 0 Å². The highest BCUT2D eigenvalue weighted by Crippen LogP contribution is 2.28. The number of aromatic amines is 1. The Morgan fingerprint density at radius 1 is 1.14 bits per heavy atom. The first-order valence-electron chi connectivity index (χ1n) is 8.56. The van der Waals surface area contributed by atoms with E-state index in [4.69, 9.17) is 0 Å². The van der Waals surface area contributed by atoms with E-state index in [1.165, 1.54) is 11.8 Å². The molecule has 1 atom stereocenters. The number of hydrogen-bond acceptors (Lipinski definition) is 5. The van der Waals surface area contributed by atoms with Gasteiger partial charge in [0.1, 0.15) is 5.54 Å². The molecule has 4 rings (SSSR count). The number of carbonyl (C=O) groups is 3. The number of hydrogen-bond donors (Lipinski definition) is 4. The fraction of sp³-hybridized carbons (Fsp3) is 0.158. The van der Waals surface area contributed by atoms with E-state index in [0.717, 1.165) is 11.0 Å². The summed E-state index contributed by atoms with van der Waals surface area (Å²) in [6.45, 7) is 1.65. The zero-order chi connectivity index (χ0) is 19.7. The number of nitrogens with zero attached hydrogens (tertiary/aromatic N) is 1. The van der Waals surface area contributed by atoms with Gasteiger partial charge in [-0.1, -0.05) is 24.3 Å². The average Bonchev–Trinajstić information content (AvgIpc) is 3.19. The molecule has 4 N–H and O–H groups in total. The number of rotatable bonds is 5. The number of fused-ring (bicyclic) bond motifs is 1. The quantitative estimate of drug-likeness (QED) is 0.391. The van der Waals surface area contributed by atoms with Gasteiger partial charge in [-0.3, -0.25) is 20.2 Å². The maximum absolute atomic E-state index is 12.8. The molecule has 0 bridgehead atoms. The predicted molar refractivity (Wildman–Crippen MR) is 106 cm³/mol. The van der Waals surface area contributed by atoms with E-state index in [1.807, 2.05) is 30.3 Å². The van der Waals surface area contributed by atoms with Gasteiger partial charge >= 0.3 is 6.03 Å². The number of imidazole rings is 1. The number of imide groups is 1. The number of carbonyl (C=O) groups excluding carboxylic acids is 3. The number of urea groups is 1. The Morgan fingerprint density at radius 3 is 2.64 bits per heavy atom. The van der Waals surface area contributed by atoms with E-state index in [-0.39, 0.29) is 11.8 Å². The lowest BCUT2D eigenvalue weighted by atomic mass is 10.1. The number of thioether (sulfide) groups is 1. The van der Waals surface area contributed by atoms with Crippen LogP contribution < -0.4 is 16.0 Å². The number of para-hydroxylation sites is 2. The van der Waals surface area contributed by atoms with Gasteiger partial charge in [0.2, 0.25) is 5.95 Å². The maximum Gasteiger partial charge on any atom is 0.322 e. The normalized spacial score (nSPS) is 18.8. The Labute approximate surface area is 164 Å². The van der Waals surface area contributed by atoms with Gasteiger partial charge in [0.25, 0.3) is 11.8 Å². The molecule has 3 aromatic rings. The summed E-state index contributed by atoms with van der Waals surface area (Å²) in [5.41, 5.74) is 1.03. The van der Waals surface area contributed by atoms with Crippen LogP contribution in [0.2, 0.25) is 0 Å². The van der Waals surface area contributed by atoms with Gasteiger partial charge in [-0.25, -0.2) is 9.78 Å². The van der Waals surface area contributed by atoms with Gasteiger partial charge < -0.3 is 10.3 Å². The van der Waals surface area contributed by atoms with E-state index in [2.05, 4.69) is 25.9 Å². The van der Waals surface area contributed by atoms with Crippen molar-refractivity contribution >= 4 is 46.6 Å². The highest BCUT2D eigenvalue weighted by Gasteiger charge is 2.41. The van der Waals surface area contributed by atoms with Crippen molar-refractivity contribution in [1.82, 2.24) is 20.6 Å². The number of H-pyrrole nitrogens is 1. The maximum atomic E-state index is 12.8. The summed E-state index contributed by atoms with van der Waals surface area (Å²) < 4.78 is 0. The number of amides is 4. The fourth-order valence-corrected chi connectivity index (χ4v) is 4.01. The van der Waals surface area contributed by atoms with Gasteiger partial charge in [0, 0.05) is 10.6 Å².